The molecule has 1 N–H and O–H groups in total. The summed E-state index contributed by atoms with van der Waals surface area (Å²) in [6.45, 7) is 1.92. The van der Waals surface area contributed by atoms with Crippen LogP contribution < -0.4 is 5.32 Å². The highest BCUT2D eigenvalue weighted by molar-refractivity contribution is 7.80. The highest BCUT2D eigenvalue weighted by Gasteiger charge is 2.49. The van der Waals surface area contributed by atoms with E-state index in [1.807, 2.05) is 19.1 Å². The summed E-state index contributed by atoms with van der Waals surface area (Å²) in [7, 11) is 0. The van der Waals surface area contributed by atoms with Gasteiger partial charge in [0.1, 0.15) is 4.99 Å². The second-order valence-electron chi connectivity index (χ2n) is 5.32. The van der Waals surface area contributed by atoms with Gasteiger partial charge in [0.25, 0.3) is 5.91 Å². The molecule has 20 heavy (non-hydrogen) atoms. The monoisotopic (exact) mass is 290 g/mol. The average molecular weight is 290 g/mol. The quantitative estimate of drug-likeness (QED) is 0.570. The first-order valence-corrected chi connectivity index (χ1v) is 7.01. The van der Waals surface area contributed by atoms with Crippen LogP contribution in [0.4, 0.5) is 0 Å². The van der Waals surface area contributed by atoms with E-state index in [9.17, 15) is 14.4 Å². The molecule has 0 bridgehead atoms. The molecule has 2 heterocycles. The molecule has 2 saturated heterocycles. The number of nitrogens with zero attached hydrogens (tertiary/aromatic N) is 1. The molecule has 0 spiro atoms. The molecule has 0 saturated carbocycles. The molecule has 0 radical (unpaired) electrons. The molecule has 104 valence electrons. The van der Waals surface area contributed by atoms with Gasteiger partial charge < -0.3 is 5.32 Å². The van der Waals surface area contributed by atoms with Gasteiger partial charge in [-0.05, 0) is 12.3 Å². The number of hydrogen-bond acceptors (Lipinski definition) is 4. The Morgan fingerprint density at radius 1 is 1.35 bits per heavy atom. The van der Waals surface area contributed by atoms with E-state index in [1.54, 1.807) is 6.08 Å². The number of rotatable bonds is 1. The van der Waals surface area contributed by atoms with Crippen LogP contribution in [0.1, 0.15) is 19.8 Å². The lowest BCUT2D eigenvalue weighted by atomic mass is 9.85. The predicted molar refractivity (Wildman–Crippen MR) is 75.5 cm³/mol. The Balaban J connectivity index is 1.92. The van der Waals surface area contributed by atoms with Gasteiger partial charge in [-0.3, -0.25) is 19.3 Å². The molecule has 0 aromatic rings. The summed E-state index contributed by atoms with van der Waals surface area (Å²) in [4.78, 5) is 37.8. The third-order valence-corrected chi connectivity index (χ3v) is 4.42. The van der Waals surface area contributed by atoms with Crippen molar-refractivity contribution in [3.8, 4) is 0 Å². The number of piperidine rings is 1. The first-order valence-electron chi connectivity index (χ1n) is 6.60. The minimum Gasteiger partial charge on any atom is -0.319 e. The Hall–Kier alpha value is -1.82. The van der Waals surface area contributed by atoms with E-state index in [0.717, 1.165) is 0 Å². The molecule has 2 aliphatic heterocycles. The van der Waals surface area contributed by atoms with Crippen molar-refractivity contribution in [1.29, 1.82) is 0 Å². The molecule has 0 aromatic heterocycles. The van der Waals surface area contributed by atoms with E-state index >= 15 is 0 Å². The fraction of sp³-hybridized carbons (Fsp3) is 0.429. The Morgan fingerprint density at radius 3 is 2.75 bits per heavy atom. The molecule has 3 aliphatic rings. The SMILES string of the molecule is CC1C=CC=C2C(=O)N(C3CCC(=O)NC3=S)C(=O)C21. The van der Waals surface area contributed by atoms with Crippen LogP contribution in [0.3, 0.4) is 0 Å². The van der Waals surface area contributed by atoms with Crippen molar-refractivity contribution in [3.63, 3.8) is 0 Å². The standard InChI is InChI=1S/C14H14N2O3S/c1-7-3-2-4-8-11(7)14(19)16(13(8)18)9-5-6-10(17)15-12(9)20/h2-4,7,9,11H,5-6H2,1H3,(H,15,17,20). The smallest absolute Gasteiger partial charge is 0.257 e. The molecule has 0 aromatic carbocycles. The number of nitrogens with one attached hydrogen (secondary N) is 1. The van der Waals surface area contributed by atoms with Crippen LogP contribution in [0.25, 0.3) is 0 Å². The Morgan fingerprint density at radius 2 is 2.10 bits per heavy atom. The van der Waals surface area contributed by atoms with Crippen LogP contribution in [0, 0.1) is 11.8 Å². The fourth-order valence-corrected chi connectivity index (χ4v) is 3.34. The summed E-state index contributed by atoms with van der Waals surface area (Å²) in [5.41, 5.74) is 0.532. The lowest BCUT2D eigenvalue weighted by Crippen LogP contribution is -2.53. The number of hydrogen-bond donors (Lipinski definition) is 1. The van der Waals surface area contributed by atoms with Crippen molar-refractivity contribution in [2.24, 2.45) is 11.8 Å². The van der Waals surface area contributed by atoms with Gasteiger partial charge >= 0.3 is 0 Å². The van der Waals surface area contributed by atoms with Gasteiger partial charge in [-0.25, -0.2) is 0 Å². The van der Waals surface area contributed by atoms with Crippen molar-refractivity contribution < 1.29 is 14.4 Å². The molecule has 3 atom stereocenters. The van der Waals surface area contributed by atoms with Crippen molar-refractivity contribution in [2.45, 2.75) is 25.8 Å². The van der Waals surface area contributed by atoms with Crippen LogP contribution in [-0.4, -0.2) is 33.7 Å². The number of carbonyl (C=O) groups is 3. The highest BCUT2D eigenvalue weighted by atomic mass is 32.1. The lowest BCUT2D eigenvalue weighted by Gasteiger charge is -2.30. The molecule has 3 rings (SSSR count). The molecule has 6 heteroatoms. The third kappa shape index (κ3) is 1.83. The van der Waals surface area contributed by atoms with Crippen LogP contribution in [0.2, 0.25) is 0 Å². The van der Waals surface area contributed by atoms with E-state index < -0.39 is 12.0 Å². The normalized spacial score (nSPS) is 33.1. The van der Waals surface area contributed by atoms with Gasteiger partial charge in [-0.2, -0.15) is 0 Å². The van der Waals surface area contributed by atoms with E-state index in [4.69, 9.17) is 12.2 Å². The summed E-state index contributed by atoms with van der Waals surface area (Å²) in [6.07, 6.45) is 6.12. The third-order valence-electron chi connectivity index (χ3n) is 4.04. The Bertz CT molecular complexity index is 593. The topological polar surface area (TPSA) is 66.5 Å². The Labute approximate surface area is 121 Å². The average Bonchev–Trinajstić information content (AvgIpc) is 2.64. The number of allylic oxidation sites excluding steroid dienone is 3. The number of imide groups is 1. The number of thiocarbonyl (C=S) groups is 1. The Kier molecular flexibility index (Phi) is 3.05. The number of carbonyl (C=O) groups excluding carboxylic acids is 3. The largest absolute Gasteiger partial charge is 0.319 e. The van der Waals surface area contributed by atoms with Crippen LogP contribution >= 0.6 is 12.2 Å². The number of fused-ring (bicyclic) bond motifs is 1. The van der Waals surface area contributed by atoms with Crippen LogP contribution in [0.15, 0.2) is 23.8 Å². The molecule has 5 nitrogen and oxygen atoms in total. The van der Waals surface area contributed by atoms with Gasteiger partial charge in [-0.1, -0.05) is 37.4 Å². The molecule has 2 fully saturated rings. The molecular weight excluding hydrogens is 276 g/mol. The summed E-state index contributed by atoms with van der Waals surface area (Å²) in [5.74, 6) is -1.05. The molecular formula is C14H14N2O3S. The number of amides is 3. The van der Waals surface area contributed by atoms with Crippen molar-refractivity contribution in [2.75, 3.05) is 0 Å². The fourth-order valence-electron chi connectivity index (χ4n) is 3.01. The van der Waals surface area contributed by atoms with E-state index in [0.29, 0.717) is 12.0 Å². The summed E-state index contributed by atoms with van der Waals surface area (Å²) >= 11 is 5.13. The predicted octanol–water partition coefficient (Wildman–Crippen LogP) is 0.710. The van der Waals surface area contributed by atoms with Crippen molar-refractivity contribution in [1.82, 2.24) is 10.2 Å². The maximum Gasteiger partial charge on any atom is 0.257 e. The molecule has 3 amide bonds. The van der Waals surface area contributed by atoms with Gasteiger partial charge in [-0.15, -0.1) is 0 Å². The summed E-state index contributed by atoms with van der Waals surface area (Å²) < 4.78 is 0. The minimum absolute atomic E-state index is 0.00297. The summed E-state index contributed by atoms with van der Waals surface area (Å²) in [5, 5.41) is 2.55. The lowest BCUT2D eigenvalue weighted by molar-refractivity contribution is -0.141. The number of likely N-dealkylation sites (tertiary alicyclic amines) is 1. The minimum atomic E-state index is -0.499. The van der Waals surface area contributed by atoms with Crippen LogP contribution in [-0.2, 0) is 14.4 Å². The summed E-state index contributed by atoms with van der Waals surface area (Å²) in [6, 6.07) is -0.499. The van der Waals surface area contributed by atoms with Crippen molar-refractivity contribution in [3.05, 3.63) is 23.8 Å². The van der Waals surface area contributed by atoms with Gasteiger partial charge in [0, 0.05) is 12.0 Å². The van der Waals surface area contributed by atoms with E-state index in [2.05, 4.69) is 5.32 Å². The van der Waals surface area contributed by atoms with Crippen molar-refractivity contribution >= 4 is 34.9 Å². The van der Waals surface area contributed by atoms with E-state index in [1.165, 1.54) is 4.90 Å². The maximum atomic E-state index is 12.5. The van der Waals surface area contributed by atoms with Crippen LogP contribution in [0.5, 0.6) is 0 Å². The second kappa shape index (κ2) is 4.63. The maximum absolute atomic E-state index is 12.5. The zero-order valence-electron chi connectivity index (χ0n) is 11.0. The first kappa shape index (κ1) is 13.2. The first-order chi connectivity index (χ1) is 9.50. The highest BCUT2D eigenvalue weighted by Crippen LogP contribution is 2.37. The molecule has 3 unspecified atom stereocenters. The van der Waals surface area contributed by atoms with E-state index in [-0.39, 0.29) is 35.0 Å². The van der Waals surface area contributed by atoms with Gasteiger partial charge in [0.05, 0.1) is 12.0 Å². The molecule has 1 aliphatic carbocycles. The zero-order valence-corrected chi connectivity index (χ0v) is 11.8. The zero-order chi connectivity index (χ0) is 14.4. The van der Waals surface area contributed by atoms with Gasteiger partial charge in [0.15, 0.2) is 0 Å². The second-order valence-corrected chi connectivity index (χ2v) is 5.76. The van der Waals surface area contributed by atoms with Gasteiger partial charge in [0.2, 0.25) is 11.8 Å².